The van der Waals surface area contributed by atoms with Crippen molar-refractivity contribution in [1.29, 1.82) is 0 Å². The van der Waals surface area contributed by atoms with Gasteiger partial charge < -0.3 is 47.5 Å². The molecule has 0 fully saturated rings. The molecule has 0 N–H and O–H groups in total. The molecule has 0 amide bonds. The van der Waals surface area contributed by atoms with Crippen LogP contribution in [0.1, 0.15) is 73.2 Å². The van der Waals surface area contributed by atoms with Gasteiger partial charge in [0.1, 0.15) is 48.2 Å². The summed E-state index contributed by atoms with van der Waals surface area (Å²) in [5, 5.41) is 0.460. The molecule has 0 spiro atoms. The fraction of sp³-hybridized carbons (Fsp3) is 0.239. The van der Waals surface area contributed by atoms with Crippen molar-refractivity contribution in [2.75, 3.05) is 61.7 Å². The maximum Gasteiger partial charge on any atom is 0.433 e. The first-order chi connectivity index (χ1) is 46.1. The van der Waals surface area contributed by atoms with Gasteiger partial charge in [0.15, 0.2) is 17.1 Å². The van der Waals surface area contributed by atoms with E-state index in [1.165, 1.54) is 80.4 Å². The van der Waals surface area contributed by atoms with Gasteiger partial charge in [-0.05, 0) is 50.6 Å². The van der Waals surface area contributed by atoms with Gasteiger partial charge in [-0.25, -0.2) is 29.3 Å². The molecular weight excluding hydrogens is 1340 g/mol. The van der Waals surface area contributed by atoms with Crippen LogP contribution < -0.4 is 19.1 Å². The number of methoxy groups -OCH3 is 6. The van der Waals surface area contributed by atoms with Gasteiger partial charge in [0.05, 0.1) is 71.5 Å². The van der Waals surface area contributed by atoms with Gasteiger partial charge in [-0.15, -0.1) is 0 Å². The van der Waals surface area contributed by atoms with Crippen molar-refractivity contribution >= 4 is 63.8 Å². The molecule has 0 saturated carbocycles. The van der Waals surface area contributed by atoms with Crippen LogP contribution in [0.15, 0.2) is 158 Å². The molecule has 19 nitrogen and oxygen atoms in total. The molecule has 0 saturated heterocycles. The molecule has 0 unspecified atom stereocenters. The molecule has 0 aliphatic carbocycles. The zero-order chi connectivity index (χ0) is 71.0. The third-order valence-corrected chi connectivity index (χ3v) is 13.9. The summed E-state index contributed by atoms with van der Waals surface area (Å²) in [6.45, 7) is -0.484. The first-order valence-corrected chi connectivity index (χ1v) is 29.0. The lowest BCUT2D eigenvalue weighted by atomic mass is 10.0. The summed E-state index contributed by atoms with van der Waals surface area (Å²) >= 11 is 12.2. The third-order valence-electron chi connectivity index (χ3n) is 13.0. The van der Waals surface area contributed by atoms with Crippen LogP contribution >= 0.6 is 23.2 Å². The van der Waals surface area contributed by atoms with Crippen LogP contribution in [0.2, 0.25) is 10.0 Å². The fourth-order valence-corrected chi connectivity index (χ4v) is 8.92. The Morgan fingerprint density at radius 1 is 0.423 bits per heavy atom. The topological polar surface area (TPSA) is 215 Å². The molecule has 0 aliphatic heterocycles. The first-order valence-electron chi connectivity index (χ1n) is 28.2. The molecule has 97 heavy (non-hydrogen) atoms. The second kappa shape index (κ2) is 35.3. The van der Waals surface area contributed by atoms with Gasteiger partial charge in [-0.3, -0.25) is 0 Å². The minimum atomic E-state index is -4.73. The number of esters is 3. The number of benzene rings is 5. The summed E-state index contributed by atoms with van der Waals surface area (Å²) in [7, 11) is 10.9. The highest BCUT2D eigenvalue weighted by atomic mass is 35.5. The van der Waals surface area contributed by atoms with Crippen LogP contribution in [0.5, 0.6) is 17.6 Å². The Balaban J connectivity index is 0.000000231. The molecule has 0 atom stereocenters. The minimum Gasteiger partial charge on any atom is -0.503 e. The highest BCUT2D eigenvalue weighted by Gasteiger charge is 2.37. The number of carbonyl (C=O) groups is 3. The van der Waals surface area contributed by atoms with Gasteiger partial charge in [-0.1, -0.05) is 138 Å². The molecule has 8 aromatic rings. The average Bonchev–Trinajstić information content (AvgIpc) is 0.974. The Kier molecular flexibility index (Phi) is 27.5. The highest BCUT2D eigenvalue weighted by molar-refractivity contribution is 6.42. The second-order valence-electron chi connectivity index (χ2n) is 20.0. The van der Waals surface area contributed by atoms with Crippen LogP contribution in [-0.2, 0) is 94.0 Å². The molecule has 0 aliphatic rings. The molecule has 30 heteroatoms. The van der Waals surface area contributed by atoms with Gasteiger partial charge in [0, 0.05) is 45.1 Å². The number of halogens is 11. The molecule has 0 bridgehead atoms. The lowest BCUT2D eigenvalue weighted by Crippen LogP contribution is -2.17. The Hall–Kier alpha value is -10.5. The van der Waals surface area contributed by atoms with Gasteiger partial charge in [0.25, 0.3) is 0 Å². The van der Waals surface area contributed by atoms with E-state index < -0.39 is 53.5 Å². The molecule has 512 valence electrons. The van der Waals surface area contributed by atoms with E-state index in [2.05, 4.69) is 29.9 Å². The maximum absolute atomic E-state index is 13.5. The number of aromatic nitrogens is 6. The van der Waals surface area contributed by atoms with Crippen molar-refractivity contribution in [3.63, 3.8) is 0 Å². The number of alkyl halides is 9. The largest absolute Gasteiger partial charge is 0.503 e. The van der Waals surface area contributed by atoms with Crippen molar-refractivity contribution in [2.24, 2.45) is 0 Å². The second-order valence-corrected chi connectivity index (χ2v) is 20.7. The quantitative estimate of drug-likeness (QED) is 0.0191. The summed E-state index contributed by atoms with van der Waals surface area (Å²) in [5.41, 5.74) is 1.14. The number of rotatable bonds is 23. The summed E-state index contributed by atoms with van der Waals surface area (Å²) in [6, 6.07) is 36.0. The van der Waals surface area contributed by atoms with Crippen molar-refractivity contribution in [1.82, 2.24) is 29.9 Å². The zero-order valence-corrected chi connectivity index (χ0v) is 54.2. The van der Waals surface area contributed by atoms with Crippen LogP contribution in [0.3, 0.4) is 0 Å². The smallest absolute Gasteiger partial charge is 0.433 e. The zero-order valence-electron chi connectivity index (χ0n) is 52.7. The summed E-state index contributed by atoms with van der Waals surface area (Å²) in [4.78, 5) is 60.7. The molecule has 8 rings (SSSR count). The number of ether oxygens (including phenoxy) is 9. The van der Waals surface area contributed by atoms with Crippen LogP contribution in [0.25, 0.3) is 16.7 Å². The molecule has 3 aromatic heterocycles. The van der Waals surface area contributed by atoms with Gasteiger partial charge >= 0.3 is 36.4 Å². The average molecular weight is 1400 g/mol. The van der Waals surface area contributed by atoms with Crippen molar-refractivity contribution in [3.8, 4) is 17.6 Å². The summed E-state index contributed by atoms with van der Waals surface area (Å²) in [5.74, 6) is -3.00. The molecular formula is C67H60Cl2F9N7O12. The minimum absolute atomic E-state index is 0.0196. The van der Waals surface area contributed by atoms with Crippen molar-refractivity contribution < 1.29 is 96.5 Å². The molecule has 5 aromatic carbocycles. The Morgan fingerprint density at radius 3 is 1.12 bits per heavy atom. The molecule has 0 radical (unpaired) electrons. The number of anilines is 1. The van der Waals surface area contributed by atoms with E-state index in [1.807, 2.05) is 6.07 Å². The lowest BCUT2D eigenvalue weighted by Gasteiger charge is -2.16. The van der Waals surface area contributed by atoms with E-state index in [1.54, 1.807) is 115 Å². The SMILES string of the molecule is CO/C=C(/C(=O)OC)c1ccccc1COc1cc(C(F)(F)F)nc(Cc2cccc(Cl)c2Cl)n1.CO/C=C(/C(=O)OC)c1ccccc1COc1cc(C(F)(F)F)nc(Cc2ccccc2)n1.CO/C=C(/C(=O)OC)c1ccccc1COc1cc(C(F)(F)F)nc(N(C)C)n1. The van der Waals surface area contributed by atoms with E-state index in [-0.39, 0.29) is 94.7 Å². The van der Waals surface area contributed by atoms with E-state index in [0.717, 1.165) is 17.7 Å². The van der Waals surface area contributed by atoms with Crippen molar-refractivity contribution in [3.05, 3.63) is 242 Å². The fourth-order valence-electron chi connectivity index (χ4n) is 8.54. The Bertz CT molecular complexity index is 4100. The van der Waals surface area contributed by atoms with E-state index in [4.69, 9.17) is 65.8 Å². The van der Waals surface area contributed by atoms with E-state index in [9.17, 15) is 53.9 Å². The number of hydrogen-bond acceptors (Lipinski definition) is 19. The normalized spacial score (nSPS) is 11.8. The number of carbonyl (C=O) groups excluding carboxylic acids is 3. The first kappa shape index (κ1) is 75.5. The Morgan fingerprint density at radius 2 is 0.763 bits per heavy atom. The van der Waals surface area contributed by atoms with Gasteiger partial charge in [0.2, 0.25) is 23.6 Å². The lowest BCUT2D eigenvalue weighted by molar-refractivity contribution is -0.142. The summed E-state index contributed by atoms with van der Waals surface area (Å²) < 4.78 is 166. The van der Waals surface area contributed by atoms with E-state index in [0.29, 0.717) is 45.0 Å². The highest BCUT2D eigenvalue weighted by Crippen LogP contribution is 2.35. The maximum atomic E-state index is 13.5. The predicted molar refractivity (Wildman–Crippen MR) is 337 cm³/mol. The third kappa shape index (κ3) is 22.0. The number of nitrogens with zero attached hydrogens (tertiary/aromatic N) is 7. The predicted octanol–water partition coefficient (Wildman–Crippen LogP) is 14.3. The monoisotopic (exact) mass is 1400 g/mol. The number of hydrogen-bond donors (Lipinski definition) is 0. The molecule has 3 heterocycles. The van der Waals surface area contributed by atoms with Crippen molar-refractivity contribution in [2.45, 2.75) is 51.2 Å². The van der Waals surface area contributed by atoms with Crippen LogP contribution in [-0.4, -0.2) is 105 Å². The van der Waals surface area contributed by atoms with Crippen LogP contribution in [0, 0.1) is 0 Å². The van der Waals surface area contributed by atoms with Gasteiger partial charge in [-0.2, -0.15) is 54.5 Å². The standard InChI is InChI=1S/C24H19Cl2F3N2O4.C24H21F3N2O4.C19H20F3N3O4/c1-33-13-17(23(32)34-2)16-8-4-3-6-15(16)12-35-21-11-19(24(27,28)29)30-20(31-21)10-14-7-5-9-18(25)22(14)26;1-31-15-19(23(30)32-2)18-11-7-6-10-17(18)14-33-22-13-20(24(25,26)27)28-21(29-22)12-16-8-4-3-5-9-16;1-25(2)18-23-15(19(20,21)22)9-16(24-18)29-10-12-7-5-6-8-13(12)14(11-27-3)17(26)28-4/h3-9,11,13H,10,12H2,1-2H3;3-11,13,15H,12,14H2,1-2H3;5-9,11H,10H2,1-4H3/b17-13+;19-15+;14-11+. The summed E-state index contributed by atoms with van der Waals surface area (Å²) in [6.07, 6.45) is -10.4. The van der Waals surface area contributed by atoms with E-state index >= 15 is 0 Å². The van der Waals surface area contributed by atoms with Crippen LogP contribution in [0.4, 0.5) is 45.5 Å². The Labute approximate surface area is 560 Å².